The molecule has 7 heteroatoms. The van der Waals surface area contributed by atoms with Gasteiger partial charge in [-0.2, -0.15) is 0 Å². The molecule has 0 spiro atoms. The summed E-state index contributed by atoms with van der Waals surface area (Å²) >= 11 is 0. The molecule has 1 aromatic heterocycles. The molecule has 29 heavy (non-hydrogen) atoms. The number of carbonyl (C=O) groups excluding carboxylic acids is 1. The van der Waals surface area contributed by atoms with E-state index in [2.05, 4.69) is 27.2 Å². The fourth-order valence-corrected chi connectivity index (χ4v) is 3.05. The molecule has 2 aromatic carbocycles. The molecular formula is C22H23N5O2. The summed E-state index contributed by atoms with van der Waals surface area (Å²) in [6.45, 7) is 3.19. The van der Waals surface area contributed by atoms with Crippen molar-refractivity contribution in [3.05, 3.63) is 72.7 Å². The predicted octanol–water partition coefficient (Wildman–Crippen LogP) is 3.40. The van der Waals surface area contributed by atoms with Gasteiger partial charge in [0.15, 0.2) is 0 Å². The van der Waals surface area contributed by atoms with E-state index in [4.69, 9.17) is 4.74 Å². The highest BCUT2D eigenvalue weighted by molar-refractivity contribution is 5.92. The molecule has 4 rings (SSSR count). The van der Waals surface area contributed by atoms with Crippen LogP contribution in [0.4, 0.5) is 11.5 Å². The third-order valence-corrected chi connectivity index (χ3v) is 4.77. The number of piperazine rings is 1. The van der Waals surface area contributed by atoms with E-state index in [1.54, 1.807) is 6.20 Å². The standard InChI is InChI=1S/C22H23N5O2/c1-26-11-13-27(14-12-26)22(28)20-15-24-21(16-23-20)25-17-7-9-19(10-8-17)29-18-5-3-2-4-6-18/h2-10,15-16H,11-14H2,1H3,(H,24,25). The van der Waals surface area contributed by atoms with Gasteiger partial charge >= 0.3 is 0 Å². The number of nitrogens with one attached hydrogen (secondary N) is 1. The summed E-state index contributed by atoms with van der Waals surface area (Å²) in [5.74, 6) is 2.05. The molecule has 1 amide bonds. The van der Waals surface area contributed by atoms with Crippen LogP contribution in [-0.2, 0) is 0 Å². The number of hydrogen-bond acceptors (Lipinski definition) is 6. The minimum atomic E-state index is -0.0698. The van der Waals surface area contributed by atoms with Crippen molar-refractivity contribution < 1.29 is 9.53 Å². The zero-order valence-corrected chi connectivity index (χ0v) is 16.3. The smallest absolute Gasteiger partial charge is 0.274 e. The Morgan fingerprint density at radius 2 is 1.59 bits per heavy atom. The largest absolute Gasteiger partial charge is 0.457 e. The SMILES string of the molecule is CN1CCN(C(=O)c2cnc(Nc3ccc(Oc4ccccc4)cc3)cn2)CC1. The molecule has 148 valence electrons. The van der Waals surface area contributed by atoms with Crippen LogP contribution in [0.25, 0.3) is 0 Å². The summed E-state index contributed by atoms with van der Waals surface area (Å²) in [6, 6.07) is 17.2. The third-order valence-electron chi connectivity index (χ3n) is 4.77. The van der Waals surface area contributed by atoms with Crippen molar-refractivity contribution in [1.82, 2.24) is 19.8 Å². The van der Waals surface area contributed by atoms with Crippen LogP contribution in [0, 0.1) is 0 Å². The Hall–Kier alpha value is -3.45. The Bertz CT molecular complexity index is 937. The molecule has 1 fully saturated rings. The average molecular weight is 389 g/mol. The second kappa shape index (κ2) is 8.70. The number of ether oxygens (including phenoxy) is 1. The van der Waals surface area contributed by atoms with E-state index < -0.39 is 0 Å². The summed E-state index contributed by atoms with van der Waals surface area (Å²) in [5, 5.41) is 3.19. The average Bonchev–Trinajstić information content (AvgIpc) is 2.76. The highest BCUT2D eigenvalue weighted by Gasteiger charge is 2.21. The van der Waals surface area contributed by atoms with Crippen LogP contribution in [0.3, 0.4) is 0 Å². The van der Waals surface area contributed by atoms with Crippen LogP contribution in [0.2, 0.25) is 0 Å². The molecule has 0 radical (unpaired) electrons. The molecule has 0 saturated carbocycles. The molecule has 0 bridgehead atoms. The zero-order chi connectivity index (χ0) is 20.1. The predicted molar refractivity (Wildman–Crippen MR) is 112 cm³/mol. The molecular weight excluding hydrogens is 366 g/mol. The lowest BCUT2D eigenvalue weighted by molar-refractivity contribution is 0.0658. The van der Waals surface area contributed by atoms with E-state index in [0.717, 1.165) is 30.3 Å². The lowest BCUT2D eigenvalue weighted by Crippen LogP contribution is -2.47. The number of rotatable bonds is 5. The number of aromatic nitrogens is 2. The van der Waals surface area contributed by atoms with Gasteiger partial charge in [-0.3, -0.25) is 4.79 Å². The number of amides is 1. The number of nitrogens with zero attached hydrogens (tertiary/aromatic N) is 4. The highest BCUT2D eigenvalue weighted by Crippen LogP contribution is 2.23. The normalized spacial score (nSPS) is 14.4. The molecule has 1 aliphatic heterocycles. The van der Waals surface area contributed by atoms with Gasteiger partial charge in [-0.05, 0) is 43.4 Å². The van der Waals surface area contributed by atoms with Crippen LogP contribution < -0.4 is 10.1 Å². The van der Waals surface area contributed by atoms with Crippen molar-refractivity contribution in [2.24, 2.45) is 0 Å². The number of hydrogen-bond donors (Lipinski definition) is 1. The molecule has 0 aliphatic carbocycles. The summed E-state index contributed by atoms with van der Waals surface area (Å²) in [5.41, 5.74) is 1.23. The summed E-state index contributed by atoms with van der Waals surface area (Å²) in [6.07, 6.45) is 3.10. The van der Waals surface area contributed by atoms with Crippen LogP contribution in [0.15, 0.2) is 67.0 Å². The quantitative estimate of drug-likeness (QED) is 0.721. The van der Waals surface area contributed by atoms with Gasteiger partial charge in [0.05, 0.1) is 12.4 Å². The lowest BCUT2D eigenvalue weighted by Gasteiger charge is -2.32. The fraction of sp³-hybridized carbons (Fsp3) is 0.227. The van der Waals surface area contributed by atoms with E-state index in [-0.39, 0.29) is 5.91 Å². The zero-order valence-electron chi connectivity index (χ0n) is 16.3. The summed E-state index contributed by atoms with van der Waals surface area (Å²) in [4.78, 5) is 25.2. The maximum atomic E-state index is 12.5. The van der Waals surface area contributed by atoms with Gasteiger partial charge in [-0.1, -0.05) is 18.2 Å². The summed E-state index contributed by atoms with van der Waals surface area (Å²) < 4.78 is 5.79. The lowest BCUT2D eigenvalue weighted by atomic mass is 10.3. The van der Waals surface area contributed by atoms with Crippen molar-refractivity contribution in [2.45, 2.75) is 0 Å². The minimum Gasteiger partial charge on any atom is -0.457 e. The molecule has 1 N–H and O–H groups in total. The second-order valence-electron chi connectivity index (χ2n) is 6.95. The summed E-state index contributed by atoms with van der Waals surface area (Å²) in [7, 11) is 2.06. The van der Waals surface area contributed by atoms with Crippen molar-refractivity contribution in [3.63, 3.8) is 0 Å². The highest BCUT2D eigenvalue weighted by atomic mass is 16.5. The number of likely N-dealkylation sites (N-methyl/N-ethyl adjacent to an activating group) is 1. The molecule has 7 nitrogen and oxygen atoms in total. The molecule has 3 aromatic rings. The number of benzene rings is 2. The van der Waals surface area contributed by atoms with Gasteiger partial charge in [-0.15, -0.1) is 0 Å². The second-order valence-corrected chi connectivity index (χ2v) is 6.95. The molecule has 2 heterocycles. The number of carbonyl (C=O) groups is 1. The van der Waals surface area contributed by atoms with Crippen molar-refractivity contribution in [2.75, 3.05) is 38.5 Å². The van der Waals surface area contributed by atoms with Crippen LogP contribution in [0.1, 0.15) is 10.5 Å². The monoisotopic (exact) mass is 389 g/mol. The van der Waals surface area contributed by atoms with E-state index in [1.165, 1.54) is 6.20 Å². The van der Waals surface area contributed by atoms with Gasteiger partial charge in [0.2, 0.25) is 0 Å². The number of anilines is 2. The van der Waals surface area contributed by atoms with Gasteiger partial charge in [0.1, 0.15) is 23.0 Å². The van der Waals surface area contributed by atoms with Crippen molar-refractivity contribution in [3.8, 4) is 11.5 Å². The molecule has 0 atom stereocenters. The van der Waals surface area contributed by atoms with Gasteiger partial charge < -0.3 is 19.9 Å². The minimum absolute atomic E-state index is 0.0698. The van der Waals surface area contributed by atoms with E-state index >= 15 is 0 Å². The van der Waals surface area contributed by atoms with Crippen molar-refractivity contribution in [1.29, 1.82) is 0 Å². The van der Waals surface area contributed by atoms with Crippen LogP contribution in [0.5, 0.6) is 11.5 Å². The van der Waals surface area contributed by atoms with Crippen LogP contribution in [-0.4, -0.2) is 58.9 Å². The molecule has 1 aliphatic rings. The first-order valence-electron chi connectivity index (χ1n) is 9.57. The Kier molecular flexibility index (Phi) is 5.67. The Morgan fingerprint density at radius 1 is 0.897 bits per heavy atom. The molecule has 1 saturated heterocycles. The Morgan fingerprint density at radius 3 is 2.24 bits per heavy atom. The van der Waals surface area contributed by atoms with Crippen LogP contribution >= 0.6 is 0 Å². The topological polar surface area (TPSA) is 70.6 Å². The molecule has 0 unspecified atom stereocenters. The van der Waals surface area contributed by atoms with E-state index in [1.807, 2.05) is 59.5 Å². The maximum absolute atomic E-state index is 12.5. The van der Waals surface area contributed by atoms with Gasteiger partial charge in [-0.25, -0.2) is 9.97 Å². The Balaban J connectivity index is 1.35. The van der Waals surface area contributed by atoms with E-state index in [9.17, 15) is 4.79 Å². The third kappa shape index (κ3) is 4.89. The maximum Gasteiger partial charge on any atom is 0.274 e. The van der Waals surface area contributed by atoms with Crippen molar-refractivity contribution >= 4 is 17.4 Å². The van der Waals surface area contributed by atoms with Gasteiger partial charge in [0.25, 0.3) is 5.91 Å². The fourth-order valence-electron chi connectivity index (χ4n) is 3.05. The number of para-hydroxylation sites is 1. The first-order chi connectivity index (χ1) is 14.2. The first-order valence-corrected chi connectivity index (χ1v) is 9.57. The van der Waals surface area contributed by atoms with Gasteiger partial charge in [0, 0.05) is 31.9 Å². The van der Waals surface area contributed by atoms with E-state index in [0.29, 0.717) is 24.6 Å². The Labute approximate surface area is 170 Å². The first kappa shape index (κ1) is 18.9.